The number of halogens is 3. The molecule has 8 rings (SSSR count). The van der Waals surface area contributed by atoms with Crippen molar-refractivity contribution >= 4 is 135 Å². The molecule has 0 unspecified atom stereocenters. The van der Waals surface area contributed by atoms with Gasteiger partial charge >= 0.3 is 7.12 Å². The van der Waals surface area contributed by atoms with E-state index in [4.69, 9.17) is 57.3 Å². The van der Waals surface area contributed by atoms with Gasteiger partial charge in [-0.25, -0.2) is 9.97 Å². The van der Waals surface area contributed by atoms with Gasteiger partial charge in [0.2, 0.25) is 0 Å². The summed E-state index contributed by atoms with van der Waals surface area (Å²) in [6.45, 7) is 32.8. The highest BCUT2D eigenvalue weighted by Crippen LogP contribution is 2.30. The first-order chi connectivity index (χ1) is 36.7. The predicted octanol–water partition coefficient (Wildman–Crippen LogP) is 12.4. The highest BCUT2D eigenvalue weighted by atomic mass is 127. The monoisotopic (exact) mass is 1280 g/mol. The van der Waals surface area contributed by atoms with Crippen LogP contribution < -0.4 is 15.3 Å². The molecule has 0 aliphatic carbocycles. The quantitative estimate of drug-likeness (QED) is 0.0193. The molecule has 24 heteroatoms. The van der Waals surface area contributed by atoms with E-state index in [1.807, 2.05) is 81.3 Å². The fourth-order valence-corrected chi connectivity index (χ4v) is 11.3. The zero-order valence-electron chi connectivity index (χ0n) is 47.4. The van der Waals surface area contributed by atoms with Crippen LogP contribution in [0.15, 0.2) is 97.6 Å². The highest BCUT2D eigenvalue weighted by molar-refractivity contribution is 14.1. The van der Waals surface area contributed by atoms with Crippen molar-refractivity contribution in [2.24, 2.45) is 0 Å². The Hall–Kier alpha value is -3.90. The molecular weight excluding hydrogens is 1210 g/mol. The maximum absolute atomic E-state index is 8.90. The fourth-order valence-electron chi connectivity index (χ4n) is 7.46. The standard InChI is InChI=1S/C27H38ClN5O2Si2.C18H32ClIN4O2Si2.C9H8BNO2/c1-36(2,3)13-11-34-19-32(20-35-12-14-37(4,5)6)26-16-25(28)31-27-23(18-30-33(26)27)22-15-21-9-7-8-10-24(21)29-17-22;1-27(2,3)9-7-25-13-23(14-26-8-10-28(4,5)6)17-11-16(19)22-18-15(20)12-21-24(17)18;12-10(13)8-5-7-3-1-2-4-9(7)11-6-8/h7-10,15-18H,11-14,19-20H2,1-6H3;11-12H,7-10,13-14H2,1-6H3;1-6,12-13H. The topological polar surface area (TPSA) is 170 Å². The molecule has 0 spiro atoms. The minimum atomic E-state index is -1.45. The Morgan fingerprint density at radius 2 is 0.923 bits per heavy atom. The van der Waals surface area contributed by atoms with E-state index >= 15 is 0 Å². The summed E-state index contributed by atoms with van der Waals surface area (Å²) in [4.78, 5) is 21.8. The van der Waals surface area contributed by atoms with Gasteiger partial charge in [-0.15, -0.1) is 0 Å². The smallest absolute Gasteiger partial charge is 0.423 e. The summed E-state index contributed by atoms with van der Waals surface area (Å²) in [6, 6.07) is 27.5. The van der Waals surface area contributed by atoms with Gasteiger partial charge in [-0.3, -0.25) is 9.97 Å². The number of hydrogen-bond acceptors (Lipinski definition) is 14. The lowest BCUT2D eigenvalue weighted by atomic mass is 9.81. The van der Waals surface area contributed by atoms with Crippen molar-refractivity contribution in [3.05, 3.63) is 111 Å². The first-order valence-electron chi connectivity index (χ1n) is 26.3. The van der Waals surface area contributed by atoms with Gasteiger partial charge in [0.1, 0.15) is 48.9 Å². The van der Waals surface area contributed by atoms with E-state index in [1.54, 1.807) is 16.8 Å². The molecule has 0 aliphatic heterocycles. The number of aromatic nitrogens is 8. The molecule has 0 aliphatic rings. The number of pyridine rings is 2. The van der Waals surface area contributed by atoms with Gasteiger partial charge in [-0.1, -0.05) is 144 Å². The molecule has 6 heterocycles. The van der Waals surface area contributed by atoms with Crippen molar-refractivity contribution in [3.8, 4) is 11.1 Å². The Balaban J connectivity index is 0.000000210. The van der Waals surface area contributed by atoms with Crippen LogP contribution in [-0.2, 0) is 18.9 Å². The third-order valence-corrected chi connectivity index (χ3v) is 20.2. The second-order valence-corrected chi connectivity index (χ2v) is 48.5. The van der Waals surface area contributed by atoms with Crippen LogP contribution in [0.25, 0.3) is 44.2 Å². The number of benzene rings is 2. The van der Waals surface area contributed by atoms with Crippen LogP contribution in [0.3, 0.4) is 0 Å². The van der Waals surface area contributed by atoms with Gasteiger partial charge in [-0.05, 0) is 70.4 Å². The van der Waals surface area contributed by atoms with E-state index in [0.717, 1.165) is 104 Å². The Bertz CT molecular complexity index is 3150. The van der Waals surface area contributed by atoms with E-state index in [2.05, 4.69) is 138 Å². The summed E-state index contributed by atoms with van der Waals surface area (Å²) >= 11 is 15.1. The van der Waals surface area contributed by atoms with Gasteiger partial charge in [0.05, 0.1) is 27.0 Å². The average Bonchev–Trinajstić information content (AvgIpc) is 4.02. The molecule has 420 valence electrons. The van der Waals surface area contributed by atoms with Crippen molar-refractivity contribution in [2.75, 3.05) is 63.2 Å². The lowest BCUT2D eigenvalue weighted by Gasteiger charge is -2.26. The van der Waals surface area contributed by atoms with Crippen molar-refractivity contribution in [2.45, 2.75) is 103 Å². The van der Waals surface area contributed by atoms with E-state index in [1.165, 1.54) is 6.20 Å². The van der Waals surface area contributed by atoms with Crippen LogP contribution in [0, 0.1) is 3.57 Å². The third-order valence-electron chi connectivity index (χ3n) is 12.2. The Morgan fingerprint density at radius 1 is 0.526 bits per heavy atom. The number of hydrogen-bond donors (Lipinski definition) is 2. The number of fused-ring (bicyclic) bond motifs is 4. The van der Waals surface area contributed by atoms with Crippen LogP contribution in [-0.4, -0.2) is 142 Å². The molecule has 16 nitrogen and oxygen atoms in total. The van der Waals surface area contributed by atoms with Gasteiger partial charge in [0.25, 0.3) is 0 Å². The maximum Gasteiger partial charge on any atom is 0.490 e. The first kappa shape index (κ1) is 63.3. The SMILES string of the molecule is C[Si](C)(C)CCOCN(COCC[Si](C)(C)C)c1cc(Cl)nc2c(-c3cnc4ccccc4c3)cnn12.C[Si](C)(C)CCOCN(COCC[Si](C)(C)C)c1cc(Cl)nc2c(I)cnn12.OB(O)c1cnc2ccccc2c1. The van der Waals surface area contributed by atoms with Crippen LogP contribution in [0.5, 0.6) is 0 Å². The van der Waals surface area contributed by atoms with Crippen LogP contribution >= 0.6 is 45.8 Å². The zero-order valence-corrected chi connectivity index (χ0v) is 55.1. The normalized spacial score (nSPS) is 12.2. The minimum Gasteiger partial charge on any atom is -0.423 e. The number of ether oxygens (including phenoxy) is 4. The van der Waals surface area contributed by atoms with Crippen LogP contribution in [0.1, 0.15) is 0 Å². The largest absolute Gasteiger partial charge is 0.490 e. The van der Waals surface area contributed by atoms with E-state index < -0.39 is 39.4 Å². The second-order valence-electron chi connectivity index (χ2n) is 24.1. The van der Waals surface area contributed by atoms with Crippen molar-refractivity contribution < 1.29 is 29.0 Å². The molecule has 0 saturated heterocycles. The lowest BCUT2D eigenvalue weighted by Crippen LogP contribution is -2.33. The molecule has 6 aromatic heterocycles. The summed E-state index contributed by atoms with van der Waals surface area (Å²) in [7, 11) is -6.09. The molecule has 0 fully saturated rings. The van der Waals surface area contributed by atoms with Gasteiger partial charge in [0.15, 0.2) is 11.3 Å². The van der Waals surface area contributed by atoms with Gasteiger partial charge in [-0.2, -0.15) is 19.2 Å². The van der Waals surface area contributed by atoms with Crippen LogP contribution in [0.2, 0.25) is 113 Å². The maximum atomic E-state index is 8.90. The van der Waals surface area contributed by atoms with Gasteiger partial charge < -0.3 is 38.8 Å². The molecule has 2 aromatic carbocycles. The summed E-state index contributed by atoms with van der Waals surface area (Å²) in [5, 5.41) is 29.8. The van der Waals surface area contributed by atoms with Crippen molar-refractivity contribution in [1.82, 2.24) is 39.2 Å². The second kappa shape index (κ2) is 28.7. The average molecular weight is 1280 g/mol. The number of nitrogens with zero attached hydrogens (tertiary/aromatic N) is 10. The molecule has 0 bridgehead atoms. The van der Waals surface area contributed by atoms with E-state index in [0.29, 0.717) is 48.3 Å². The summed E-state index contributed by atoms with van der Waals surface area (Å²) < 4.78 is 28.8. The molecular formula is C54H78BCl2IN10O6Si4. The van der Waals surface area contributed by atoms with Crippen molar-refractivity contribution in [3.63, 3.8) is 0 Å². The van der Waals surface area contributed by atoms with Gasteiger partial charge in [0, 0.05) is 105 Å². The molecule has 0 amide bonds. The summed E-state index contributed by atoms with van der Waals surface area (Å²) in [5.74, 6) is 1.62. The Labute approximate surface area is 488 Å². The summed E-state index contributed by atoms with van der Waals surface area (Å²) in [6.07, 6.45) is 6.94. The van der Waals surface area contributed by atoms with E-state index in [-0.39, 0.29) is 0 Å². The fraction of sp³-hybridized carbons (Fsp3) is 0.444. The molecule has 0 saturated carbocycles. The Kier molecular flexibility index (Phi) is 23.3. The zero-order chi connectivity index (χ0) is 56.8. The van der Waals surface area contributed by atoms with Crippen molar-refractivity contribution in [1.29, 1.82) is 0 Å². The van der Waals surface area contributed by atoms with E-state index in [9.17, 15) is 0 Å². The number of rotatable bonds is 24. The number of para-hydroxylation sites is 2. The molecule has 0 atom stereocenters. The predicted molar refractivity (Wildman–Crippen MR) is 342 cm³/mol. The molecule has 78 heavy (non-hydrogen) atoms. The summed E-state index contributed by atoms with van der Waals surface area (Å²) in [5.41, 5.74) is 5.46. The molecule has 0 radical (unpaired) electrons. The third kappa shape index (κ3) is 20.3. The highest BCUT2D eigenvalue weighted by Gasteiger charge is 2.22. The Morgan fingerprint density at radius 3 is 1.37 bits per heavy atom. The minimum absolute atomic E-state index is 0.388. The first-order valence-corrected chi connectivity index (χ1v) is 43.0. The number of anilines is 2. The van der Waals surface area contributed by atoms with Crippen LogP contribution in [0.4, 0.5) is 11.6 Å². The molecule has 2 N–H and O–H groups in total. The lowest BCUT2D eigenvalue weighted by molar-refractivity contribution is 0.0941. The molecule has 8 aromatic rings.